The molecule has 2 aromatic carbocycles. The molecule has 3 rings (SSSR count). The Bertz CT molecular complexity index is 682. The molecule has 0 saturated heterocycles. The Labute approximate surface area is 124 Å². The lowest BCUT2D eigenvalue weighted by molar-refractivity contribution is 0.0963. The van der Waals surface area contributed by atoms with Gasteiger partial charge in [-0.3, -0.25) is 4.79 Å². The molecule has 19 heavy (non-hydrogen) atoms. The van der Waals surface area contributed by atoms with Crippen LogP contribution in [0.15, 0.2) is 42.5 Å². The maximum absolute atomic E-state index is 14.9. The first-order valence-corrected chi connectivity index (χ1v) is 6.98. The predicted molar refractivity (Wildman–Crippen MR) is 81.2 cm³/mol. The average molecular weight is 367 g/mol. The Kier molecular flexibility index (Phi) is 2.85. The van der Waals surface area contributed by atoms with E-state index in [1.165, 1.54) is 0 Å². The van der Waals surface area contributed by atoms with E-state index in [1.54, 1.807) is 31.3 Å². The summed E-state index contributed by atoms with van der Waals surface area (Å²) in [5, 5.41) is 2.58. The zero-order valence-electron chi connectivity index (χ0n) is 10.2. The number of carbonyl (C=O) groups is 1. The standard InChI is InChI=1S/C15H11FINO/c1-18-14(19)9-6-7-13-11(8-9)10-4-2-3-5-12(10)15(13,16)17/h2-8H,1H3,(H,18,19). The van der Waals surface area contributed by atoms with E-state index in [-0.39, 0.29) is 5.91 Å². The van der Waals surface area contributed by atoms with Gasteiger partial charge in [0, 0.05) is 23.7 Å². The maximum Gasteiger partial charge on any atom is 0.251 e. The second kappa shape index (κ2) is 4.30. The third-order valence-corrected chi connectivity index (χ3v) is 4.56. The van der Waals surface area contributed by atoms with Crippen LogP contribution in [0.1, 0.15) is 21.5 Å². The van der Waals surface area contributed by atoms with E-state index in [0.29, 0.717) is 16.7 Å². The molecule has 0 aromatic heterocycles. The highest BCUT2D eigenvalue weighted by Gasteiger charge is 2.41. The molecule has 0 fully saturated rings. The van der Waals surface area contributed by atoms with Gasteiger partial charge in [-0.1, -0.05) is 30.3 Å². The summed E-state index contributed by atoms with van der Waals surface area (Å²) in [4.78, 5) is 11.7. The van der Waals surface area contributed by atoms with Crippen molar-refractivity contribution in [2.24, 2.45) is 0 Å². The predicted octanol–water partition coefficient (Wildman–Crippen LogP) is 3.63. The van der Waals surface area contributed by atoms with Crippen LogP contribution < -0.4 is 5.32 Å². The van der Waals surface area contributed by atoms with Gasteiger partial charge < -0.3 is 5.32 Å². The zero-order chi connectivity index (χ0) is 13.6. The number of hydrogen-bond donors (Lipinski definition) is 1. The van der Waals surface area contributed by atoms with Crippen molar-refractivity contribution < 1.29 is 9.18 Å². The number of rotatable bonds is 1. The lowest BCUT2D eigenvalue weighted by Crippen LogP contribution is -2.18. The van der Waals surface area contributed by atoms with Crippen molar-refractivity contribution in [3.8, 4) is 11.1 Å². The smallest absolute Gasteiger partial charge is 0.251 e. The number of benzene rings is 2. The van der Waals surface area contributed by atoms with Gasteiger partial charge in [-0.2, -0.15) is 0 Å². The molecule has 0 radical (unpaired) electrons. The number of nitrogens with one attached hydrogen (secondary N) is 1. The van der Waals surface area contributed by atoms with Crippen molar-refractivity contribution in [2.75, 3.05) is 7.05 Å². The second-order valence-electron chi connectivity index (χ2n) is 4.46. The van der Waals surface area contributed by atoms with E-state index in [1.807, 2.05) is 40.8 Å². The van der Waals surface area contributed by atoms with E-state index in [9.17, 15) is 9.18 Å². The largest absolute Gasteiger partial charge is 0.355 e. The molecule has 1 amide bonds. The van der Waals surface area contributed by atoms with Gasteiger partial charge >= 0.3 is 0 Å². The van der Waals surface area contributed by atoms with Crippen LogP contribution in [0.5, 0.6) is 0 Å². The van der Waals surface area contributed by atoms with Gasteiger partial charge in [0.1, 0.15) is 0 Å². The molecule has 1 aliphatic carbocycles. The Balaban J connectivity index is 2.26. The number of hydrogen-bond acceptors (Lipinski definition) is 1. The SMILES string of the molecule is CNC(=O)c1ccc2c(c1)-c1ccccc1C2(F)I. The summed E-state index contributed by atoms with van der Waals surface area (Å²) in [6.45, 7) is 0. The fourth-order valence-corrected chi connectivity index (χ4v) is 3.40. The fourth-order valence-electron chi connectivity index (χ4n) is 2.46. The normalized spacial score (nSPS) is 19.7. The molecule has 1 atom stereocenters. The molecule has 2 nitrogen and oxygen atoms in total. The van der Waals surface area contributed by atoms with Gasteiger partial charge in [-0.25, -0.2) is 4.39 Å². The second-order valence-corrected chi connectivity index (χ2v) is 5.95. The first kappa shape index (κ1) is 12.6. The molecule has 0 bridgehead atoms. The molecular formula is C15H11FINO. The zero-order valence-corrected chi connectivity index (χ0v) is 12.4. The first-order chi connectivity index (χ1) is 9.05. The summed E-state index contributed by atoms with van der Waals surface area (Å²) in [6.07, 6.45) is 0. The summed E-state index contributed by atoms with van der Waals surface area (Å²) in [6, 6.07) is 12.5. The van der Waals surface area contributed by atoms with Crippen molar-refractivity contribution in [1.29, 1.82) is 0 Å². The molecule has 0 saturated carbocycles. The highest BCUT2D eigenvalue weighted by atomic mass is 127. The maximum atomic E-state index is 14.9. The quantitative estimate of drug-likeness (QED) is 0.605. The van der Waals surface area contributed by atoms with E-state index in [0.717, 1.165) is 11.1 Å². The monoisotopic (exact) mass is 367 g/mol. The number of fused-ring (bicyclic) bond motifs is 3. The summed E-state index contributed by atoms with van der Waals surface area (Å²) < 4.78 is 13.4. The molecule has 0 spiro atoms. The third-order valence-electron chi connectivity index (χ3n) is 3.40. The summed E-state index contributed by atoms with van der Waals surface area (Å²) in [5.74, 6) is -0.162. The Morgan fingerprint density at radius 1 is 1.16 bits per heavy atom. The van der Waals surface area contributed by atoms with Crippen molar-refractivity contribution in [1.82, 2.24) is 5.32 Å². The third kappa shape index (κ3) is 1.77. The minimum atomic E-state index is -1.52. The van der Waals surface area contributed by atoms with Crippen molar-refractivity contribution in [2.45, 2.75) is 3.68 Å². The number of alkyl halides is 2. The summed E-state index contributed by atoms with van der Waals surface area (Å²) in [7, 11) is 1.58. The highest BCUT2D eigenvalue weighted by molar-refractivity contribution is 14.1. The number of amides is 1. The highest BCUT2D eigenvalue weighted by Crippen LogP contribution is 2.53. The fraction of sp³-hybridized carbons (Fsp3) is 0.133. The van der Waals surface area contributed by atoms with E-state index < -0.39 is 3.68 Å². The van der Waals surface area contributed by atoms with Crippen LogP contribution in [0.25, 0.3) is 11.1 Å². The van der Waals surface area contributed by atoms with Crippen molar-refractivity contribution in [3.63, 3.8) is 0 Å². The first-order valence-electron chi connectivity index (χ1n) is 5.90. The Morgan fingerprint density at radius 2 is 1.84 bits per heavy atom. The molecule has 0 aliphatic heterocycles. The van der Waals surface area contributed by atoms with Gasteiger partial charge in [-0.15, -0.1) is 0 Å². The van der Waals surface area contributed by atoms with Gasteiger partial charge in [0.2, 0.25) is 3.68 Å². The van der Waals surface area contributed by atoms with Gasteiger partial charge in [0.15, 0.2) is 0 Å². The lowest BCUT2D eigenvalue weighted by Gasteiger charge is -2.14. The average Bonchev–Trinajstić information content (AvgIpc) is 2.67. The van der Waals surface area contributed by atoms with Crippen LogP contribution in [-0.2, 0) is 3.68 Å². The van der Waals surface area contributed by atoms with Gasteiger partial charge in [0.25, 0.3) is 5.91 Å². The minimum Gasteiger partial charge on any atom is -0.355 e. The summed E-state index contributed by atoms with van der Waals surface area (Å²) in [5.41, 5.74) is 3.47. The lowest BCUT2D eigenvalue weighted by atomic mass is 10.0. The van der Waals surface area contributed by atoms with Crippen LogP contribution >= 0.6 is 22.6 Å². The molecule has 1 N–H and O–H groups in total. The van der Waals surface area contributed by atoms with Crippen LogP contribution in [0, 0.1) is 0 Å². The van der Waals surface area contributed by atoms with Crippen LogP contribution in [-0.4, -0.2) is 13.0 Å². The molecular weight excluding hydrogens is 356 g/mol. The molecule has 96 valence electrons. The van der Waals surface area contributed by atoms with Crippen LogP contribution in [0.2, 0.25) is 0 Å². The Hall–Kier alpha value is -1.43. The van der Waals surface area contributed by atoms with Gasteiger partial charge in [0.05, 0.1) is 0 Å². The molecule has 2 aromatic rings. The van der Waals surface area contributed by atoms with E-state index in [2.05, 4.69) is 5.32 Å². The number of carbonyl (C=O) groups excluding carboxylic acids is 1. The van der Waals surface area contributed by atoms with Crippen molar-refractivity contribution >= 4 is 28.5 Å². The van der Waals surface area contributed by atoms with Crippen molar-refractivity contribution in [3.05, 3.63) is 59.2 Å². The molecule has 1 unspecified atom stereocenters. The van der Waals surface area contributed by atoms with E-state index >= 15 is 0 Å². The molecule has 4 heteroatoms. The number of halogens is 2. The van der Waals surface area contributed by atoms with E-state index in [4.69, 9.17) is 0 Å². The topological polar surface area (TPSA) is 29.1 Å². The summed E-state index contributed by atoms with van der Waals surface area (Å²) >= 11 is 1.82. The van der Waals surface area contributed by atoms with Crippen LogP contribution in [0.3, 0.4) is 0 Å². The Morgan fingerprint density at radius 3 is 2.58 bits per heavy atom. The van der Waals surface area contributed by atoms with Gasteiger partial charge in [-0.05, 0) is 45.9 Å². The minimum absolute atomic E-state index is 0.162. The molecule has 0 heterocycles. The van der Waals surface area contributed by atoms with Crippen LogP contribution in [0.4, 0.5) is 4.39 Å². The molecule has 1 aliphatic rings.